The highest BCUT2D eigenvalue weighted by Gasteiger charge is 2.41. The van der Waals surface area contributed by atoms with Crippen molar-refractivity contribution in [2.75, 3.05) is 0 Å². The number of hydrogen-bond acceptors (Lipinski definition) is 1. The van der Waals surface area contributed by atoms with Crippen LogP contribution in [0.3, 0.4) is 0 Å². The van der Waals surface area contributed by atoms with Crippen LogP contribution in [0.15, 0.2) is 22.8 Å². The first-order valence-electron chi connectivity index (χ1n) is 4.69. The molecule has 2 aliphatic rings. The molecule has 0 aromatic carbocycles. The molecule has 1 fully saturated rings. The van der Waals surface area contributed by atoms with Crippen LogP contribution in [0.4, 0.5) is 0 Å². The predicted molar refractivity (Wildman–Crippen MR) is 50.3 cm³/mol. The second-order valence-electron chi connectivity index (χ2n) is 4.17. The van der Waals surface area contributed by atoms with Crippen LogP contribution in [0.1, 0.15) is 26.7 Å². The van der Waals surface area contributed by atoms with Crippen molar-refractivity contribution in [1.29, 1.82) is 0 Å². The van der Waals surface area contributed by atoms with E-state index in [0.717, 1.165) is 12.0 Å². The van der Waals surface area contributed by atoms with Crippen molar-refractivity contribution in [3.8, 4) is 0 Å². The maximum Gasteiger partial charge on any atom is 0.328 e. The van der Waals surface area contributed by atoms with Gasteiger partial charge in [0.05, 0.1) is 0 Å². The fourth-order valence-electron chi connectivity index (χ4n) is 2.64. The molecule has 0 bridgehead atoms. The van der Waals surface area contributed by atoms with Gasteiger partial charge in [-0.3, -0.25) is 0 Å². The highest BCUT2D eigenvalue weighted by molar-refractivity contribution is 5.81. The molecule has 1 saturated carbocycles. The monoisotopic (exact) mass is 178 g/mol. The zero-order valence-electron chi connectivity index (χ0n) is 8.00. The van der Waals surface area contributed by atoms with Crippen molar-refractivity contribution in [3.63, 3.8) is 0 Å². The van der Waals surface area contributed by atoms with Crippen molar-refractivity contribution in [2.45, 2.75) is 26.7 Å². The van der Waals surface area contributed by atoms with E-state index in [1.807, 2.05) is 0 Å². The fraction of sp³-hybridized carbons (Fsp3) is 0.545. The fourth-order valence-corrected chi connectivity index (χ4v) is 2.64. The highest BCUT2D eigenvalue weighted by Crippen LogP contribution is 2.53. The molecule has 2 atom stereocenters. The summed E-state index contributed by atoms with van der Waals surface area (Å²) in [6.45, 7) is 4.29. The zero-order chi connectivity index (χ0) is 9.59. The molecule has 0 aromatic rings. The first-order valence-corrected chi connectivity index (χ1v) is 4.69. The van der Waals surface area contributed by atoms with Crippen molar-refractivity contribution in [3.05, 3.63) is 22.8 Å². The van der Waals surface area contributed by atoms with Crippen molar-refractivity contribution in [1.82, 2.24) is 0 Å². The number of aliphatic carboxylic acids is 1. The van der Waals surface area contributed by atoms with E-state index in [0.29, 0.717) is 11.8 Å². The highest BCUT2D eigenvalue weighted by atomic mass is 16.4. The summed E-state index contributed by atoms with van der Waals surface area (Å²) >= 11 is 0. The van der Waals surface area contributed by atoms with Crippen LogP contribution in [0.2, 0.25) is 0 Å². The molecule has 0 radical (unpaired) electrons. The van der Waals surface area contributed by atoms with E-state index in [1.165, 1.54) is 23.6 Å². The molecule has 13 heavy (non-hydrogen) atoms. The summed E-state index contributed by atoms with van der Waals surface area (Å²) in [7, 11) is 0. The Morgan fingerprint density at radius 2 is 2.15 bits per heavy atom. The third-order valence-electron chi connectivity index (χ3n) is 3.39. The molecule has 2 nitrogen and oxygen atoms in total. The lowest BCUT2D eigenvalue weighted by atomic mass is 9.69. The van der Waals surface area contributed by atoms with Crippen LogP contribution >= 0.6 is 0 Å². The van der Waals surface area contributed by atoms with Gasteiger partial charge in [-0.1, -0.05) is 16.7 Å². The number of allylic oxidation sites excluding steroid dienone is 3. The first kappa shape index (κ1) is 8.54. The molecular formula is C11H14O2. The molecule has 1 N–H and O–H groups in total. The standard InChI is InChI=1S/C11H14O2/c1-6-3-8-4-9(5-10(12)13)11(8)7(6)2/h5,8,11H,3-4H2,1-2H3,(H,12,13). The van der Waals surface area contributed by atoms with Crippen LogP contribution in [0.25, 0.3) is 0 Å². The van der Waals surface area contributed by atoms with E-state index < -0.39 is 5.97 Å². The largest absolute Gasteiger partial charge is 0.478 e. The third kappa shape index (κ3) is 1.21. The lowest BCUT2D eigenvalue weighted by Gasteiger charge is -2.35. The summed E-state index contributed by atoms with van der Waals surface area (Å²) in [5, 5.41) is 8.63. The van der Waals surface area contributed by atoms with Crippen LogP contribution < -0.4 is 0 Å². The molecule has 70 valence electrons. The SMILES string of the molecule is CC1=C(C)C2C(=CC(=O)O)CC2C1. The number of carboxylic acids is 1. The Bertz CT molecular complexity index is 323. The minimum atomic E-state index is -0.800. The van der Waals surface area contributed by atoms with E-state index in [1.54, 1.807) is 0 Å². The Hall–Kier alpha value is -1.05. The van der Waals surface area contributed by atoms with Gasteiger partial charge < -0.3 is 5.11 Å². The molecule has 2 rings (SSSR count). The topological polar surface area (TPSA) is 37.3 Å². The van der Waals surface area contributed by atoms with Crippen molar-refractivity contribution < 1.29 is 9.90 Å². The van der Waals surface area contributed by atoms with Gasteiger partial charge in [0.25, 0.3) is 0 Å². The van der Waals surface area contributed by atoms with Gasteiger partial charge in [0, 0.05) is 12.0 Å². The number of hydrogen-bond donors (Lipinski definition) is 1. The van der Waals surface area contributed by atoms with Gasteiger partial charge in [0.15, 0.2) is 0 Å². The average Bonchev–Trinajstić information content (AvgIpc) is 2.20. The van der Waals surface area contributed by atoms with Crippen molar-refractivity contribution >= 4 is 5.97 Å². The molecular weight excluding hydrogens is 164 g/mol. The Balaban J connectivity index is 2.21. The minimum absolute atomic E-state index is 0.469. The van der Waals surface area contributed by atoms with Gasteiger partial charge in [0.2, 0.25) is 0 Å². The van der Waals surface area contributed by atoms with Gasteiger partial charge in [0.1, 0.15) is 0 Å². The summed E-state index contributed by atoms with van der Waals surface area (Å²) in [6, 6.07) is 0. The number of rotatable bonds is 1. The van der Waals surface area contributed by atoms with E-state index in [9.17, 15) is 4.79 Å². The first-order chi connectivity index (χ1) is 6.09. The third-order valence-corrected chi connectivity index (χ3v) is 3.39. The van der Waals surface area contributed by atoms with Crippen LogP contribution in [-0.2, 0) is 4.79 Å². The molecule has 2 unspecified atom stereocenters. The lowest BCUT2D eigenvalue weighted by molar-refractivity contribution is -0.131. The van der Waals surface area contributed by atoms with Crippen LogP contribution in [0.5, 0.6) is 0 Å². The minimum Gasteiger partial charge on any atom is -0.478 e. The van der Waals surface area contributed by atoms with Gasteiger partial charge in [-0.25, -0.2) is 4.79 Å². The smallest absolute Gasteiger partial charge is 0.328 e. The summed E-state index contributed by atoms with van der Waals surface area (Å²) in [6.07, 6.45) is 3.56. The Labute approximate surface area is 78.0 Å². The molecule has 0 spiro atoms. The van der Waals surface area contributed by atoms with E-state index in [-0.39, 0.29) is 0 Å². The van der Waals surface area contributed by atoms with Crippen molar-refractivity contribution in [2.24, 2.45) is 11.8 Å². The second kappa shape index (κ2) is 2.72. The maximum atomic E-state index is 10.5. The van der Waals surface area contributed by atoms with E-state index >= 15 is 0 Å². The predicted octanol–water partition coefficient (Wildman–Crippen LogP) is 2.37. The molecule has 0 aliphatic heterocycles. The summed E-state index contributed by atoms with van der Waals surface area (Å²) < 4.78 is 0. The van der Waals surface area contributed by atoms with Gasteiger partial charge >= 0.3 is 5.97 Å². The zero-order valence-corrected chi connectivity index (χ0v) is 8.00. The lowest BCUT2D eigenvalue weighted by Crippen LogP contribution is -2.26. The molecule has 2 heteroatoms. The maximum absolute atomic E-state index is 10.5. The molecule has 0 amide bonds. The summed E-state index contributed by atoms with van der Waals surface area (Å²) in [5.41, 5.74) is 3.99. The van der Waals surface area contributed by atoms with E-state index in [2.05, 4.69) is 13.8 Å². The number of fused-ring (bicyclic) bond motifs is 1. The van der Waals surface area contributed by atoms with E-state index in [4.69, 9.17) is 5.11 Å². The Morgan fingerprint density at radius 3 is 2.69 bits per heavy atom. The quantitative estimate of drug-likeness (QED) is 0.494. The number of carboxylic acid groups (broad SMARTS) is 1. The summed E-state index contributed by atoms with van der Waals surface area (Å²) in [5.74, 6) is 0.382. The van der Waals surface area contributed by atoms with Gasteiger partial charge in [-0.2, -0.15) is 0 Å². The second-order valence-corrected chi connectivity index (χ2v) is 4.17. The molecule has 0 aromatic heterocycles. The number of carbonyl (C=O) groups is 1. The normalized spacial score (nSPS) is 34.8. The average molecular weight is 178 g/mol. The molecule has 2 aliphatic carbocycles. The van der Waals surface area contributed by atoms with Gasteiger partial charge in [-0.15, -0.1) is 0 Å². The van der Waals surface area contributed by atoms with Crippen LogP contribution in [-0.4, -0.2) is 11.1 Å². The Kier molecular flexibility index (Phi) is 1.79. The summed E-state index contributed by atoms with van der Waals surface area (Å²) in [4.78, 5) is 10.5. The van der Waals surface area contributed by atoms with Crippen LogP contribution in [0, 0.1) is 11.8 Å². The molecule has 0 saturated heterocycles. The van der Waals surface area contributed by atoms with Gasteiger partial charge in [-0.05, 0) is 32.6 Å². The Morgan fingerprint density at radius 1 is 1.46 bits per heavy atom. The molecule has 0 heterocycles.